The quantitative estimate of drug-likeness (QED) is 0.559. The Morgan fingerprint density at radius 1 is 1.07 bits per heavy atom. The lowest BCUT2D eigenvalue weighted by Gasteiger charge is -2.34. The van der Waals surface area contributed by atoms with Crippen LogP contribution in [0.25, 0.3) is 0 Å². The summed E-state index contributed by atoms with van der Waals surface area (Å²) in [6.45, 7) is -0.770. The van der Waals surface area contributed by atoms with E-state index < -0.39 is 11.5 Å². The third-order valence-corrected chi connectivity index (χ3v) is 4.58. The Morgan fingerprint density at radius 2 is 1.71 bits per heavy atom. The molecule has 1 aliphatic heterocycles. The van der Waals surface area contributed by atoms with E-state index in [0.717, 1.165) is 0 Å². The highest BCUT2D eigenvalue weighted by Crippen LogP contribution is 2.24. The molecule has 0 bridgehead atoms. The molecule has 3 rings (SSSR count). The number of halogens is 2. The van der Waals surface area contributed by atoms with Crippen LogP contribution < -0.4 is 4.74 Å². The number of alkyl halides is 2. The van der Waals surface area contributed by atoms with Gasteiger partial charge in [-0.25, -0.2) is 0 Å². The molecule has 0 saturated carbocycles. The van der Waals surface area contributed by atoms with Gasteiger partial charge in [-0.05, 0) is 12.1 Å². The normalized spacial score (nSPS) is 14.9. The Labute approximate surface area is 160 Å². The minimum absolute atomic E-state index is 0.0686. The van der Waals surface area contributed by atoms with Crippen molar-refractivity contribution in [2.45, 2.75) is 13.2 Å². The standard InChI is InChI=1S/C19H19F2N3O4/c20-19(21)28-17-8-4-2-6-15(17)18(25)23-11-9-22(10-12-23)13-14-5-1-3-7-16(14)24(26)27/h1-8,19H,9-13H2. The molecule has 0 spiro atoms. The van der Waals surface area contributed by atoms with Gasteiger partial charge in [0.15, 0.2) is 0 Å². The fourth-order valence-electron chi connectivity index (χ4n) is 3.19. The largest absolute Gasteiger partial charge is 0.434 e. The van der Waals surface area contributed by atoms with Crippen LogP contribution in [0.15, 0.2) is 48.5 Å². The molecule has 0 radical (unpaired) electrons. The van der Waals surface area contributed by atoms with Crippen LogP contribution >= 0.6 is 0 Å². The number of benzene rings is 2. The smallest absolute Gasteiger partial charge is 0.387 e. The summed E-state index contributed by atoms with van der Waals surface area (Å²) in [6.07, 6.45) is 0. The van der Waals surface area contributed by atoms with Gasteiger partial charge in [-0.2, -0.15) is 8.78 Å². The van der Waals surface area contributed by atoms with Gasteiger partial charge in [-0.15, -0.1) is 0 Å². The number of hydrogen-bond donors (Lipinski definition) is 0. The van der Waals surface area contributed by atoms with Crippen molar-refractivity contribution >= 4 is 11.6 Å². The van der Waals surface area contributed by atoms with E-state index in [1.165, 1.54) is 24.3 Å². The number of carbonyl (C=O) groups is 1. The van der Waals surface area contributed by atoms with Gasteiger partial charge in [0.05, 0.1) is 10.5 Å². The number of carbonyl (C=O) groups excluding carboxylic acids is 1. The predicted molar refractivity (Wildman–Crippen MR) is 97.4 cm³/mol. The van der Waals surface area contributed by atoms with Crippen LogP contribution in [0.2, 0.25) is 0 Å². The van der Waals surface area contributed by atoms with E-state index in [4.69, 9.17) is 0 Å². The van der Waals surface area contributed by atoms with Crippen LogP contribution in [0.1, 0.15) is 15.9 Å². The lowest BCUT2D eigenvalue weighted by atomic mass is 10.1. The molecule has 2 aromatic rings. The second-order valence-corrected chi connectivity index (χ2v) is 6.33. The zero-order valence-electron chi connectivity index (χ0n) is 15.0. The van der Waals surface area contributed by atoms with Crippen molar-refractivity contribution in [1.29, 1.82) is 0 Å². The topological polar surface area (TPSA) is 75.9 Å². The van der Waals surface area contributed by atoms with E-state index >= 15 is 0 Å². The monoisotopic (exact) mass is 391 g/mol. The van der Waals surface area contributed by atoms with Gasteiger partial charge in [0, 0.05) is 44.4 Å². The second-order valence-electron chi connectivity index (χ2n) is 6.33. The number of nitro groups is 1. The average Bonchev–Trinajstić information content (AvgIpc) is 2.68. The van der Waals surface area contributed by atoms with Crippen molar-refractivity contribution in [3.05, 3.63) is 69.8 Å². The first-order valence-corrected chi connectivity index (χ1v) is 8.73. The minimum atomic E-state index is -3.01. The van der Waals surface area contributed by atoms with E-state index in [-0.39, 0.29) is 22.9 Å². The van der Waals surface area contributed by atoms with Crippen LogP contribution in [0.5, 0.6) is 5.75 Å². The van der Waals surface area contributed by atoms with E-state index in [1.54, 1.807) is 29.2 Å². The van der Waals surface area contributed by atoms with Crippen molar-refractivity contribution < 1.29 is 23.2 Å². The molecule has 148 valence electrons. The molecule has 1 aliphatic rings. The molecule has 1 saturated heterocycles. The van der Waals surface area contributed by atoms with Gasteiger partial charge >= 0.3 is 6.61 Å². The van der Waals surface area contributed by atoms with Crippen molar-refractivity contribution in [1.82, 2.24) is 9.80 Å². The van der Waals surface area contributed by atoms with Crippen LogP contribution in [0.4, 0.5) is 14.5 Å². The highest BCUT2D eigenvalue weighted by molar-refractivity contribution is 5.97. The summed E-state index contributed by atoms with van der Waals surface area (Å²) >= 11 is 0. The summed E-state index contributed by atoms with van der Waals surface area (Å²) in [5, 5.41) is 11.1. The van der Waals surface area contributed by atoms with Crippen LogP contribution in [-0.4, -0.2) is 53.4 Å². The van der Waals surface area contributed by atoms with Crippen molar-refractivity contribution in [2.24, 2.45) is 0 Å². The van der Waals surface area contributed by atoms with Crippen LogP contribution in [0.3, 0.4) is 0 Å². The molecule has 0 unspecified atom stereocenters. The van der Waals surface area contributed by atoms with E-state index in [9.17, 15) is 23.7 Å². The summed E-state index contributed by atoms with van der Waals surface area (Å²) in [6, 6.07) is 12.5. The molecule has 0 aromatic heterocycles. The zero-order chi connectivity index (χ0) is 20.1. The van der Waals surface area contributed by atoms with E-state index in [2.05, 4.69) is 4.74 Å². The van der Waals surface area contributed by atoms with Gasteiger partial charge in [0.2, 0.25) is 0 Å². The van der Waals surface area contributed by atoms with Crippen LogP contribution in [-0.2, 0) is 6.54 Å². The Hall–Kier alpha value is -3.07. The third-order valence-electron chi connectivity index (χ3n) is 4.58. The summed E-state index contributed by atoms with van der Waals surface area (Å²) in [4.78, 5) is 27.0. The van der Waals surface area contributed by atoms with E-state index in [1.807, 2.05) is 4.90 Å². The maximum Gasteiger partial charge on any atom is 0.387 e. The Balaban J connectivity index is 1.63. The van der Waals surface area contributed by atoms with Gasteiger partial charge in [0.1, 0.15) is 5.75 Å². The maximum absolute atomic E-state index is 12.7. The Kier molecular flexibility index (Phi) is 6.15. The van der Waals surface area contributed by atoms with Gasteiger partial charge in [0.25, 0.3) is 11.6 Å². The van der Waals surface area contributed by atoms with Crippen LogP contribution in [0, 0.1) is 10.1 Å². The number of nitrogens with zero attached hydrogens (tertiary/aromatic N) is 3. The molecular weight excluding hydrogens is 372 g/mol. The first-order chi connectivity index (χ1) is 13.5. The number of para-hydroxylation sites is 2. The second kappa shape index (κ2) is 8.75. The highest BCUT2D eigenvalue weighted by atomic mass is 19.3. The van der Waals surface area contributed by atoms with Gasteiger partial charge in [-0.1, -0.05) is 30.3 Å². The molecule has 0 atom stereocenters. The number of nitro benzene ring substituents is 1. The first kappa shape index (κ1) is 19.7. The van der Waals surface area contributed by atoms with Gasteiger partial charge < -0.3 is 9.64 Å². The molecule has 1 fully saturated rings. The lowest BCUT2D eigenvalue weighted by Crippen LogP contribution is -2.48. The first-order valence-electron chi connectivity index (χ1n) is 8.73. The molecule has 7 nitrogen and oxygen atoms in total. The predicted octanol–water partition coefficient (Wildman–Crippen LogP) is 3.15. The third kappa shape index (κ3) is 4.61. The number of amides is 1. The Morgan fingerprint density at radius 3 is 2.39 bits per heavy atom. The fraction of sp³-hybridized carbons (Fsp3) is 0.316. The van der Waals surface area contributed by atoms with Crippen molar-refractivity contribution in [3.63, 3.8) is 0 Å². The number of ether oxygens (including phenoxy) is 1. The molecule has 28 heavy (non-hydrogen) atoms. The zero-order valence-corrected chi connectivity index (χ0v) is 15.0. The molecule has 2 aromatic carbocycles. The summed E-state index contributed by atoms with van der Waals surface area (Å²) in [5.74, 6) is -0.522. The summed E-state index contributed by atoms with van der Waals surface area (Å²) < 4.78 is 29.5. The van der Waals surface area contributed by atoms with E-state index in [0.29, 0.717) is 38.3 Å². The van der Waals surface area contributed by atoms with Crippen molar-refractivity contribution in [2.75, 3.05) is 26.2 Å². The summed E-state index contributed by atoms with van der Waals surface area (Å²) in [7, 11) is 0. The number of piperazine rings is 1. The average molecular weight is 391 g/mol. The van der Waals surface area contributed by atoms with Gasteiger partial charge in [-0.3, -0.25) is 19.8 Å². The molecule has 0 aliphatic carbocycles. The number of hydrogen-bond acceptors (Lipinski definition) is 5. The number of rotatable bonds is 6. The molecule has 0 N–H and O–H groups in total. The Bertz CT molecular complexity index is 855. The minimum Gasteiger partial charge on any atom is -0.434 e. The SMILES string of the molecule is O=C(c1ccccc1OC(F)F)N1CCN(Cc2ccccc2[N+](=O)[O-])CC1. The summed E-state index contributed by atoms with van der Waals surface area (Å²) in [5.41, 5.74) is 0.775. The highest BCUT2D eigenvalue weighted by Gasteiger charge is 2.26. The maximum atomic E-state index is 12.7. The molecule has 1 heterocycles. The fourth-order valence-corrected chi connectivity index (χ4v) is 3.19. The molecule has 9 heteroatoms. The molecular formula is C19H19F2N3O4. The lowest BCUT2D eigenvalue weighted by molar-refractivity contribution is -0.385. The van der Waals surface area contributed by atoms with Crippen molar-refractivity contribution in [3.8, 4) is 5.75 Å². The molecule has 1 amide bonds.